The number of nitrogens with one attached hydrogen (secondary N) is 1. The van der Waals surface area contributed by atoms with E-state index >= 15 is 0 Å². The summed E-state index contributed by atoms with van der Waals surface area (Å²) in [5.74, 6) is 1.39. The van der Waals surface area contributed by atoms with Crippen LogP contribution in [0.25, 0.3) is 0 Å². The number of hydrogen-bond donors (Lipinski definition) is 2. The van der Waals surface area contributed by atoms with Gasteiger partial charge in [-0.15, -0.1) is 0 Å². The third-order valence-corrected chi connectivity index (χ3v) is 7.38. The number of benzene rings is 1. The van der Waals surface area contributed by atoms with Crippen LogP contribution in [0.5, 0.6) is 5.75 Å². The molecule has 2 N–H and O–H groups in total. The van der Waals surface area contributed by atoms with Crippen LogP contribution in [0.2, 0.25) is 0 Å². The zero-order chi connectivity index (χ0) is 19.9. The summed E-state index contributed by atoms with van der Waals surface area (Å²) in [6.45, 7) is 2.32. The van der Waals surface area contributed by atoms with E-state index in [0.29, 0.717) is 18.4 Å². The minimum atomic E-state index is -0.810. The van der Waals surface area contributed by atoms with Crippen LogP contribution < -0.4 is 10.1 Å². The van der Waals surface area contributed by atoms with Crippen molar-refractivity contribution >= 4 is 11.9 Å². The van der Waals surface area contributed by atoms with E-state index < -0.39 is 5.97 Å². The van der Waals surface area contributed by atoms with Gasteiger partial charge in [-0.25, -0.2) is 0 Å². The summed E-state index contributed by atoms with van der Waals surface area (Å²) in [5.41, 5.74) is 1.16. The second-order valence-corrected chi connectivity index (χ2v) is 9.66. The van der Waals surface area contributed by atoms with Crippen LogP contribution in [0, 0.1) is 23.2 Å². The Kier molecular flexibility index (Phi) is 4.88. The monoisotopic (exact) mass is 385 g/mol. The lowest BCUT2D eigenvalue weighted by Crippen LogP contribution is -2.59. The molecule has 1 aromatic carbocycles. The molecule has 4 saturated carbocycles. The van der Waals surface area contributed by atoms with Crippen LogP contribution in [0.4, 0.5) is 0 Å². The van der Waals surface area contributed by atoms with Crippen LogP contribution >= 0.6 is 0 Å². The van der Waals surface area contributed by atoms with Crippen LogP contribution in [0.3, 0.4) is 0 Å². The average Bonchev–Trinajstić information content (AvgIpc) is 2.64. The Hall–Kier alpha value is -2.04. The van der Waals surface area contributed by atoms with Gasteiger partial charge in [0.25, 0.3) is 0 Å². The summed E-state index contributed by atoms with van der Waals surface area (Å²) in [4.78, 5) is 24.2. The van der Waals surface area contributed by atoms with Crippen molar-refractivity contribution in [2.45, 2.75) is 57.3 Å². The zero-order valence-electron chi connectivity index (χ0n) is 16.9. The number of hydrogen-bond acceptors (Lipinski definition) is 3. The van der Waals surface area contributed by atoms with Crippen molar-refractivity contribution in [2.75, 3.05) is 13.7 Å². The molecule has 0 aliphatic heterocycles. The van der Waals surface area contributed by atoms with Crippen molar-refractivity contribution in [3.63, 3.8) is 0 Å². The van der Waals surface area contributed by atoms with Gasteiger partial charge in [0, 0.05) is 13.0 Å². The molecule has 0 radical (unpaired) electrons. The molecule has 0 heterocycles. The Morgan fingerprint density at radius 1 is 1.18 bits per heavy atom. The molecule has 4 fully saturated rings. The number of methoxy groups -OCH3 is 1. The normalized spacial score (nSPS) is 34.1. The summed E-state index contributed by atoms with van der Waals surface area (Å²) in [7, 11) is 1.68. The molecule has 0 aromatic heterocycles. The Morgan fingerprint density at radius 2 is 1.82 bits per heavy atom. The quantitative estimate of drug-likeness (QED) is 0.749. The van der Waals surface area contributed by atoms with Gasteiger partial charge in [-0.05, 0) is 79.4 Å². The zero-order valence-corrected chi connectivity index (χ0v) is 16.9. The minimum Gasteiger partial charge on any atom is -0.497 e. The summed E-state index contributed by atoms with van der Waals surface area (Å²) in [6, 6.07) is 8.45. The number of carboxylic acids is 1. The lowest BCUT2D eigenvalue weighted by molar-refractivity contribution is -0.149. The topological polar surface area (TPSA) is 75.6 Å². The van der Waals surface area contributed by atoms with Crippen molar-refractivity contribution < 1.29 is 19.4 Å². The third kappa shape index (κ3) is 3.40. The molecular weight excluding hydrogens is 354 g/mol. The molecule has 3 unspecified atom stereocenters. The Balaban J connectivity index is 1.53. The van der Waals surface area contributed by atoms with E-state index in [1.165, 1.54) is 24.8 Å². The predicted octanol–water partition coefficient (Wildman–Crippen LogP) is 3.76. The lowest BCUT2D eigenvalue weighted by atomic mass is 9.42. The highest BCUT2D eigenvalue weighted by molar-refractivity contribution is 5.83. The maximum absolute atomic E-state index is 13.3. The summed E-state index contributed by atoms with van der Waals surface area (Å²) in [6.07, 6.45) is 6.59. The van der Waals surface area contributed by atoms with Gasteiger partial charge >= 0.3 is 5.97 Å². The van der Waals surface area contributed by atoms with Crippen molar-refractivity contribution in [1.82, 2.24) is 5.32 Å². The highest BCUT2D eigenvalue weighted by atomic mass is 16.5. The first-order valence-electron chi connectivity index (χ1n) is 10.5. The molecule has 5 nitrogen and oxygen atoms in total. The van der Waals surface area contributed by atoms with E-state index in [-0.39, 0.29) is 29.1 Å². The molecule has 4 bridgehead atoms. The van der Waals surface area contributed by atoms with Gasteiger partial charge in [0.05, 0.1) is 12.5 Å². The number of carbonyl (C=O) groups excluding carboxylic acids is 1. The highest BCUT2D eigenvalue weighted by Gasteiger charge is 2.60. The summed E-state index contributed by atoms with van der Waals surface area (Å²) < 4.78 is 5.32. The number of carbonyl (C=O) groups is 2. The van der Waals surface area contributed by atoms with Crippen LogP contribution in [0.15, 0.2) is 24.3 Å². The largest absolute Gasteiger partial charge is 0.497 e. The molecule has 4 aliphatic carbocycles. The maximum Gasteiger partial charge on any atom is 0.303 e. The molecule has 0 spiro atoms. The molecular formula is C23H31NO4. The first-order valence-corrected chi connectivity index (χ1v) is 10.5. The van der Waals surface area contributed by atoms with Gasteiger partial charge < -0.3 is 15.2 Å². The molecule has 28 heavy (non-hydrogen) atoms. The smallest absolute Gasteiger partial charge is 0.303 e. The van der Waals surface area contributed by atoms with Gasteiger partial charge in [0.2, 0.25) is 5.91 Å². The standard InChI is InChI=1S/C23H31NO4/c1-15(7-20(25)26)13-24-21(27)23-11-16-8-17(12-23)10-22(9-16,14-23)18-3-5-19(28-2)6-4-18/h3-6,15-17H,7-14H2,1-2H3,(H,24,27)(H,25,26). The molecule has 3 atom stereocenters. The van der Waals surface area contributed by atoms with Gasteiger partial charge in [-0.3, -0.25) is 9.59 Å². The van der Waals surface area contributed by atoms with Crippen LogP contribution in [-0.2, 0) is 15.0 Å². The number of aliphatic carboxylic acids is 1. The van der Waals surface area contributed by atoms with E-state index in [1.54, 1.807) is 7.11 Å². The van der Waals surface area contributed by atoms with E-state index in [9.17, 15) is 9.59 Å². The second-order valence-electron chi connectivity index (χ2n) is 9.66. The fraction of sp³-hybridized carbons (Fsp3) is 0.652. The Morgan fingerprint density at radius 3 is 2.39 bits per heavy atom. The fourth-order valence-corrected chi connectivity index (χ4v) is 6.64. The second kappa shape index (κ2) is 7.09. The number of rotatable bonds is 7. The average molecular weight is 386 g/mol. The van der Waals surface area contributed by atoms with Crippen molar-refractivity contribution in [3.05, 3.63) is 29.8 Å². The van der Waals surface area contributed by atoms with Crippen molar-refractivity contribution in [2.24, 2.45) is 23.2 Å². The highest BCUT2D eigenvalue weighted by Crippen LogP contribution is 2.65. The van der Waals surface area contributed by atoms with Crippen molar-refractivity contribution in [1.29, 1.82) is 0 Å². The van der Waals surface area contributed by atoms with Gasteiger partial charge in [0.1, 0.15) is 5.75 Å². The fourth-order valence-electron chi connectivity index (χ4n) is 6.64. The minimum absolute atomic E-state index is 0.0501. The predicted molar refractivity (Wildman–Crippen MR) is 106 cm³/mol. The number of amides is 1. The van der Waals surface area contributed by atoms with E-state index in [4.69, 9.17) is 9.84 Å². The summed E-state index contributed by atoms with van der Waals surface area (Å²) in [5, 5.41) is 12.1. The first-order chi connectivity index (χ1) is 13.3. The van der Waals surface area contributed by atoms with E-state index in [1.807, 2.05) is 19.1 Å². The van der Waals surface area contributed by atoms with Crippen LogP contribution in [0.1, 0.15) is 57.4 Å². The van der Waals surface area contributed by atoms with Gasteiger partial charge in [-0.2, -0.15) is 0 Å². The van der Waals surface area contributed by atoms with Gasteiger partial charge in [-0.1, -0.05) is 19.1 Å². The van der Waals surface area contributed by atoms with E-state index in [0.717, 1.165) is 25.0 Å². The molecule has 1 aromatic rings. The van der Waals surface area contributed by atoms with Crippen LogP contribution in [-0.4, -0.2) is 30.6 Å². The molecule has 5 rings (SSSR count). The lowest BCUT2D eigenvalue weighted by Gasteiger charge is -2.61. The van der Waals surface area contributed by atoms with Crippen molar-refractivity contribution in [3.8, 4) is 5.75 Å². The molecule has 152 valence electrons. The molecule has 1 amide bonds. The number of ether oxygens (including phenoxy) is 1. The molecule has 4 aliphatic rings. The molecule has 5 heteroatoms. The first kappa shape index (κ1) is 19.3. The number of carboxylic acid groups (broad SMARTS) is 1. The SMILES string of the molecule is COc1ccc(C23CC4CC(CC(C(=O)NCC(C)CC(=O)O)(C4)C2)C3)cc1. The third-order valence-electron chi connectivity index (χ3n) is 7.38. The Bertz CT molecular complexity index is 742. The van der Waals surface area contributed by atoms with E-state index in [2.05, 4.69) is 17.4 Å². The van der Waals surface area contributed by atoms with Gasteiger partial charge in [0.15, 0.2) is 0 Å². The summed E-state index contributed by atoms with van der Waals surface area (Å²) >= 11 is 0. The Labute approximate surface area is 166 Å². The maximum atomic E-state index is 13.3. The molecule has 0 saturated heterocycles.